The number of aryl methyl sites for hydroxylation is 1. The van der Waals surface area contributed by atoms with E-state index in [2.05, 4.69) is 10.2 Å². The molecule has 0 radical (unpaired) electrons. The highest BCUT2D eigenvalue weighted by Crippen LogP contribution is 2.14. The smallest absolute Gasteiger partial charge is 0.312 e. The summed E-state index contributed by atoms with van der Waals surface area (Å²) >= 11 is 0. The molecule has 6 nitrogen and oxygen atoms in total. The SMILES string of the molecule is CCc1ccc(C(=O)[C@H](C)OC(=O)Cc2n[nH]c(=O)c3ccccc23)cc1. The van der Waals surface area contributed by atoms with E-state index >= 15 is 0 Å². The topological polar surface area (TPSA) is 89.1 Å². The van der Waals surface area contributed by atoms with Gasteiger partial charge in [-0.2, -0.15) is 5.10 Å². The van der Waals surface area contributed by atoms with E-state index in [1.54, 1.807) is 43.3 Å². The van der Waals surface area contributed by atoms with E-state index in [4.69, 9.17) is 4.74 Å². The third kappa shape index (κ3) is 4.11. The van der Waals surface area contributed by atoms with Crippen LogP contribution in [0.15, 0.2) is 53.3 Å². The van der Waals surface area contributed by atoms with Crippen molar-refractivity contribution >= 4 is 22.5 Å². The van der Waals surface area contributed by atoms with Crippen LogP contribution in [0.3, 0.4) is 0 Å². The Labute approximate surface area is 156 Å². The number of rotatable bonds is 6. The highest BCUT2D eigenvalue weighted by atomic mass is 16.5. The van der Waals surface area contributed by atoms with Gasteiger partial charge in [-0.3, -0.25) is 14.4 Å². The number of aromatic nitrogens is 2. The van der Waals surface area contributed by atoms with Gasteiger partial charge in [0, 0.05) is 10.9 Å². The first-order chi connectivity index (χ1) is 13.0. The normalized spacial score (nSPS) is 11.9. The molecule has 0 unspecified atom stereocenters. The number of nitrogens with one attached hydrogen (secondary N) is 1. The number of benzene rings is 2. The second-order valence-electron chi connectivity index (χ2n) is 6.27. The van der Waals surface area contributed by atoms with E-state index in [1.165, 1.54) is 0 Å². The molecule has 3 aromatic rings. The number of hydrogen-bond acceptors (Lipinski definition) is 5. The minimum atomic E-state index is -0.904. The van der Waals surface area contributed by atoms with Crippen molar-refractivity contribution in [2.24, 2.45) is 0 Å². The molecule has 3 rings (SSSR count). The van der Waals surface area contributed by atoms with E-state index in [-0.39, 0.29) is 17.8 Å². The van der Waals surface area contributed by atoms with Gasteiger partial charge in [0.2, 0.25) is 5.78 Å². The Morgan fingerprint density at radius 2 is 1.74 bits per heavy atom. The monoisotopic (exact) mass is 364 g/mol. The molecular formula is C21H20N2O4. The van der Waals surface area contributed by atoms with Gasteiger partial charge in [-0.1, -0.05) is 49.4 Å². The molecule has 2 aromatic carbocycles. The number of esters is 1. The van der Waals surface area contributed by atoms with Crippen LogP contribution in [0.5, 0.6) is 0 Å². The summed E-state index contributed by atoms with van der Waals surface area (Å²) in [6.07, 6.45) is -0.151. The molecule has 1 aromatic heterocycles. The molecule has 0 spiro atoms. The number of aromatic amines is 1. The quantitative estimate of drug-likeness (QED) is 0.537. The van der Waals surface area contributed by atoms with Crippen LogP contribution in [0.1, 0.15) is 35.5 Å². The predicted octanol–water partition coefficient (Wildman–Crippen LogP) is 2.84. The summed E-state index contributed by atoms with van der Waals surface area (Å²) in [5.74, 6) is -0.837. The fourth-order valence-electron chi connectivity index (χ4n) is 2.87. The molecule has 1 N–H and O–H groups in total. The molecule has 0 amide bonds. The average Bonchev–Trinajstić information content (AvgIpc) is 2.69. The largest absolute Gasteiger partial charge is 0.454 e. The molecule has 1 heterocycles. The summed E-state index contributed by atoms with van der Waals surface area (Å²) < 4.78 is 5.29. The molecule has 0 saturated carbocycles. The zero-order valence-electron chi connectivity index (χ0n) is 15.2. The van der Waals surface area contributed by atoms with Crippen molar-refractivity contribution in [3.05, 3.63) is 75.7 Å². The van der Waals surface area contributed by atoms with E-state index in [9.17, 15) is 14.4 Å². The molecular weight excluding hydrogens is 344 g/mol. The minimum absolute atomic E-state index is 0.135. The van der Waals surface area contributed by atoms with Gasteiger partial charge in [-0.05, 0) is 25.0 Å². The Hall–Kier alpha value is -3.28. The van der Waals surface area contributed by atoms with Crippen molar-refractivity contribution in [3.8, 4) is 0 Å². The van der Waals surface area contributed by atoms with Crippen molar-refractivity contribution in [1.82, 2.24) is 10.2 Å². The first-order valence-electron chi connectivity index (χ1n) is 8.78. The number of hydrogen-bond donors (Lipinski definition) is 1. The average molecular weight is 364 g/mol. The number of Topliss-reactive ketones (excluding diaryl/α,β-unsaturated/α-hetero) is 1. The molecule has 0 fully saturated rings. The minimum Gasteiger partial charge on any atom is -0.454 e. The van der Waals surface area contributed by atoms with Crippen molar-refractivity contribution in [2.45, 2.75) is 32.8 Å². The van der Waals surface area contributed by atoms with Crippen molar-refractivity contribution < 1.29 is 14.3 Å². The first kappa shape index (κ1) is 18.5. The van der Waals surface area contributed by atoms with E-state index in [1.807, 2.05) is 19.1 Å². The standard InChI is InChI=1S/C21H20N2O4/c1-3-14-8-10-15(11-9-14)20(25)13(2)27-19(24)12-18-16-6-4-5-7-17(16)21(26)23-22-18/h4-11,13H,3,12H2,1-2H3,(H,23,26)/t13-/m0/s1. The molecule has 0 aliphatic rings. The molecule has 0 aliphatic heterocycles. The Morgan fingerprint density at radius 1 is 1.07 bits per heavy atom. The maximum Gasteiger partial charge on any atom is 0.312 e. The molecule has 27 heavy (non-hydrogen) atoms. The van der Waals surface area contributed by atoms with Crippen LogP contribution in [0, 0.1) is 0 Å². The number of nitrogens with zero attached hydrogens (tertiary/aromatic N) is 1. The second-order valence-corrected chi connectivity index (χ2v) is 6.27. The number of carbonyl (C=O) groups excluding carboxylic acids is 2. The number of ether oxygens (including phenoxy) is 1. The molecule has 0 bridgehead atoms. The van der Waals surface area contributed by atoms with Crippen LogP contribution >= 0.6 is 0 Å². The second kappa shape index (κ2) is 7.95. The van der Waals surface area contributed by atoms with E-state index in [0.29, 0.717) is 22.0 Å². The molecule has 1 atom stereocenters. The van der Waals surface area contributed by atoms with Gasteiger partial charge in [-0.25, -0.2) is 5.10 Å². The lowest BCUT2D eigenvalue weighted by Gasteiger charge is -2.13. The summed E-state index contributed by atoms with van der Waals surface area (Å²) in [7, 11) is 0. The fraction of sp³-hybridized carbons (Fsp3) is 0.238. The number of ketones is 1. The van der Waals surface area contributed by atoms with E-state index < -0.39 is 12.1 Å². The van der Waals surface area contributed by atoms with Gasteiger partial charge in [0.25, 0.3) is 5.56 Å². The summed E-state index contributed by atoms with van der Waals surface area (Å²) in [5.41, 5.74) is 1.72. The fourth-order valence-corrected chi connectivity index (χ4v) is 2.87. The van der Waals surface area contributed by atoms with Gasteiger partial charge in [0.1, 0.15) is 0 Å². The van der Waals surface area contributed by atoms with Crippen LogP contribution in [0.2, 0.25) is 0 Å². The van der Waals surface area contributed by atoms with Gasteiger partial charge in [-0.15, -0.1) is 0 Å². The van der Waals surface area contributed by atoms with Gasteiger partial charge in [0.15, 0.2) is 6.10 Å². The van der Waals surface area contributed by atoms with Crippen molar-refractivity contribution in [1.29, 1.82) is 0 Å². The molecule has 138 valence electrons. The maximum absolute atomic E-state index is 12.4. The highest BCUT2D eigenvalue weighted by molar-refractivity contribution is 6.00. The molecule has 0 saturated heterocycles. The number of fused-ring (bicyclic) bond motifs is 1. The number of carbonyl (C=O) groups is 2. The highest BCUT2D eigenvalue weighted by Gasteiger charge is 2.20. The van der Waals surface area contributed by atoms with Gasteiger partial charge < -0.3 is 4.74 Å². The third-order valence-corrected chi connectivity index (χ3v) is 4.41. The van der Waals surface area contributed by atoms with Crippen LogP contribution < -0.4 is 5.56 Å². The van der Waals surface area contributed by atoms with E-state index in [0.717, 1.165) is 12.0 Å². The Bertz CT molecular complexity index is 1040. The lowest BCUT2D eigenvalue weighted by molar-refractivity contribution is -0.145. The Morgan fingerprint density at radius 3 is 2.41 bits per heavy atom. The predicted molar refractivity (Wildman–Crippen MR) is 102 cm³/mol. The lowest BCUT2D eigenvalue weighted by atomic mass is 10.0. The van der Waals surface area contributed by atoms with Gasteiger partial charge >= 0.3 is 5.97 Å². The maximum atomic E-state index is 12.4. The van der Waals surface area contributed by atoms with Crippen LogP contribution in [-0.4, -0.2) is 28.1 Å². The summed E-state index contributed by atoms with van der Waals surface area (Å²) in [4.78, 5) is 36.5. The van der Waals surface area contributed by atoms with Crippen molar-refractivity contribution in [2.75, 3.05) is 0 Å². The Kier molecular flexibility index (Phi) is 5.45. The van der Waals surface area contributed by atoms with Crippen LogP contribution in [-0.2, 0) is 22.4 Å². The van der Waals surface area contributed by atoms with Crippen LogP contribution in [0.4, 0.5) is 0 Å². The Balaban J connectivity index is 1.71. The molecule has 0 aliphatic carbocycles. The lowest BCUT2D eigenvalue weighted by Crippen LogP contribution is -2.26. The molecule has 6 heteroatoms. The van der Waals surface area contributed by atoms with Crippen LogP contribution in [0.25, 0.3) is 10.8 Å². The zero-order chi connectivity index (χ0) is 19.4. The summed E-state index contributed by atoms with van der Waals surface area (Å²) in [6.45, 7) is 3.59. The summed E-state index contributed by atoms with van der Waals surface area (Å²) in [6, 6.07) is 14.1. The number of H-pyrrole nitrogens is 1. The zero-order valence-corrected chi connectivity index (χ0v) is 15.2. The van der Waals surface area contributed by atoms with Crippen molar-refractivity contribution in [3.63, 3.8) is 0 Å². The first-order valence-corrected chi connectivity index (χ1v) is 8.78. The third-order valence-electron chi connectivity index (χ3n) is 4.41. The summed E-state index contributed by atoms with van der Waals surface area (Å²) in [5, 5.41) is 7.38. The van der Waals surface area contributed by atoms with Gasteiger partial charge in [0.05, 0.1) is 17.5 Å².